The lowest BCUT2D eigenvalue weighted by Gasteiger charge is -2.14. The fourth-order valence-corrected chi connectivity index (χ4v) is 1.68. The number of aliphatic carboxylic acids is 1. The van der Waals surface area contributed by atoms with Crippen molar-refractivity contribution in [1.82, 2.24) is 0 Å². The van der Waals surface area contributed by atoms with Gasteiger partial charge in [0, 0.05) is 12.0 Å². The number of carbonyl (C=O) groups is 1. The van der Waals surface area contributed by atoms with Crippen LogP contribution in [0, 0.1) is 0 Å². The first-order chi connectivity index (χ1) is 7.56. The molecular formula is C12H15FO3. The van der Waals surface area contributed by atoms with Crippen LogP contribution in [-0.2, 0) is 11.2 Å². The zero-order chi connectivity index (χ0) is 12.1. The van der Waals surface area contributed by atoms with Crippen molar-refractivity contribution in [3.63, 3.8) is 0 Å². The van der Waals surface area contributed by atoms with Crippen molar-refractivity contribution in [3.8, 4) is 5.75 Å². The van der Waals surface area contributed by atoms with Gasteiger partial charge in [-0.2, -0.15) is 0 Å². The minimum absolute atomic E-state index is 0.00706. The average molecular weight is 226 g/mol. The minimum Gasteiger partial charge on any atom is -0.496 e. The molecule has 4 heteroatoms. The second kappa shape index (κ2) is 5.49. The lowest BCUT2D eigenvalue weighted by Crippen LogP contribution is -2.03. The van der Waals surface area contributed by atoms with Crippen LogP contribution in [0.25, 0.3) is 0 Å². The third kappa shape index (κ3) is 2.95. The van der Waals surface area contributed by atoms with Crippen molar-refractivity contribution in [2.45, 2.75) is 25.9 Å². The van der Waals surface area contributed by atoms with Gasteiger partial charge in [-0.3, -0.25) is 4.79 Å². The Kier molecular flexibility index (Phi) is 4.28. The van der Waals surface area contributed by atoms with Gasteiger partial charge in [0.05, 0.1) is 7.11 Å². The van der Waals surface area contributed by atoms with E-state index in [0.29, 0.717) is 23.3 Å². The van der Waals surface area contributed by atoms with Crippen LogP contribution < -0.4 is 4.74 Å². The van der Waals surface area contributed by atoms with E-state index < -0.39 is 12.1 Å². The van der Waals surface area contributed by atoms with E-state index >= 15 is 0 Å². The van der Waals surface area contributed by atoms with E-state index in [1.165, 1.54) is 14.0 Å². The highest BCUT2D eigenvalue weighted by Gasteiger charge is 2.15. The Bertz CT molecular complexity index is 375. The summed E-state index contributed by atoms with van der Waals surface area (Å²) in [5.41, 5.74) is 1.14. The molecule has 1 unspecified atom stereocenters. The van der Waals surface area contributed by atoms with Gasteiger partial charge in [0.1, 0.15) is 11.9 Å². The average Bonchev–Trinajstić information content (AvgIpc) is 2.25. The number of halogens is 1. The highest BCUT2D eigenvalue weighted by molar-refractivity contribution is 5.67. The van der Waals surface area contributed by atoms with Gasteiger partial charge >= 0.3 is 5.97 Å². The Morgan fingerprint density at radius 3 is 2.75 bits per heavy atom. The van der Waals surface area contributed by atoms with E-state index in [1.807, 2.05) is 0 Å². The molecule has 0 saturated heterocycles. The van der Waals surface area contributed by atoms with Crippen LogP contribution in [0.1, 0.15) is 30.6 Å². The number of ether oxygens (including phenoxy) is 1. The Hall–Kier alpha value is -1.58. The quantitative estimate of drug-likeness (QED) is 0.839. The maximum Gasteiger partial charge on any atom is 0.303 e. The van der Waals surface area contributed by atoms with E-state index in [9.17, 15) is 9.18 Å². The van der Waals surface area contributed by atoms with Gasteiger partial charge in [-0.1, -0.05) is 12.1 Å². The third-order valence-electron chi connectivity index (χ3n) is 2.38. The van der Waals surface area contributed by atoms with Crippen molar-refractivity contribution < 1.29 is 19.0 Å². The zero-order valence-electron chi connectivity index (χ0n) is 9.37. The number of rotatable bonds is 5. The molecule has 0 radical (unpaired) electrons. The molecule has 0 aromatic heterocycles. The molecule has 0 aliphatic heterocycles. The Morgan fingerprint density at radius 1 is 1.56 bits per heavy atom. The van der Waals surface area contributed by atoms with Crippen LogP contribution in [0.2, 0.25) is 0 Å². The van der Waals surface area contributed by atoms with Gasteiger partial charge in [0.2, 0.25) is 0 Å². The number of hydrogen-bond donors (Lipinski definition) is 1. The molecule has 0 aliphatic carbocycles. The molecule has 0 spiro atoms. The molecule has 3 nitrogen and oxygen atoms in total. The molecule has 0 saturated carbocycles. The fourth-order valence-electron chi connectivity index (χ4n) is 1.68. The highest BCUT2D eigenvalue weighted by atomic mass is 19.1. The lowest BCUT2D eigenvalue weighted by atomic mass is 9.99. The van der Waals surface area contributed by atoms with Crippen molar-refractivity contribution in [1.29, 1.82) is 0 Å². The Morgan fingerprint density at radius 2 is 2.25 bits per heavy atom. The van der Waals surface area contributed by atoms with Crippen LogP contribution in [0.4, 0.5) is 4.39 Å². The fraction of sp³-hybridized carbons (Fsp3) is 0.417. The molecule has 0 aliphatic rings. The molecule has 1 aromatic rings. The maximum atomic E-state index is 13.4. The van der Waals surface area contributed by atoms with E-state index in [2.05, 4.69) is 0 Å². The van der Waals surface area contributed by atoms with Crippen LogP contribution in [0.15, 0.2) is 18.2 Å². The number of aryl methyl sites for hydroxylation is 1. The molecular weight excluding hydrogens is 211 g/mol. The van der Waals surface area contributed by atoms with Gasteiger partial charge in [-0.05, 0) is 25.0 Å². The third-order valence-corrected chi connectivity index (χ3v) is 2.38. The normalized spacial score (nSPS) is 12.2. The van der Waals surface area contributed by atoms with E-state index in [-0.39, 0.29) is 6.42 Å². The first-order valence-electron chi connectivity index (χ1n) is 5.08. The second-order valence-electron chi connectivity index (χ2n) is 3.54. The number of carboxylic acid groups (broad SMARTS) is 1. The number of alkyl halides is 1. The van der Waals surface area contributed by atoms with Gasteiger partial charge in [-0.25, -0.2) is 4.39 Å². The summed E-state index contributed by atoms with van der Waals surface area (Å²) in [5, 5.41) is 8.61. The summed E-state index contributed by atoms with van der Waals surface area (Å²) in [4.78, 5) is 10.5. The van der Waals surface area contributed by atoms with E-state index in [1.54, 1.807) is 18.2 Å². The first kappa shape index (κ1) is 12.5. The van der Waals surface area contributed by atoms with Crippen molar-refractivity contribution in [2.75, 3.05) is 7.11 Å². The standard InChI is InChI=1S/C12H15FO3/c1-8(13)12-9(6-7-11(14)15)4-3-5-10(12)16-2/h3-5,8H,6-7H2,1-2H3,(H,14,15). The number of methoxy groups -OCH3 is 1. The molecule has 88 valence electrons. The summed E-state index contributed by atoms with van der Waals surface area (Å²) in [7, 11) is 1.47. The maximum absolute atomic E-state index is 13.4. The van der Waals surface area contributed by atoms with Crippen LogP contribution in [0.5, 0.6) is 5.75 Å². The van der Waals surface area contributed by atoms with Crippen LogP contribution in [0.3, 0.4) is 0 Å². The first-order valence-corrected chi connectivity index (χ1v) is 5.08. The van der Waals surface area contributed by atoms with Crippen molar-refractivity contribution >= 4 is 5.97 Å². The molecule has 1 atom stereocenters. The molecule has 16 heavy (non-hydrogen) atoms. The summed E-state index contributed by atoms with van der Waals surface area (Å²) in [5.74, 6) is -0.418. The smallest absolute Gasteiger partial charge is 0.303 e. The minimum atomic E-state index is -1.17. The van der Waals surface area contributed by atoms with Gasteiger partial charge in [-0.15, -0.1) is 0 Å². The predicted octanol–water partition coefficient (Wildman–Crippen LogP) is 2.74. The highest BCUT2D eigenvalue weighted by Crippen LogP contribution is 2.31. The molecule has 0 heterocycles. The summed E-state index contributed by atoms with van der Waals surface area (Å²) >= 11 is 0. The molecule has 1 aromatic carbocycles. The van der Waals surface area contributed by atoms with Crippen molar-refractivity contribution in [3.05, 3.63) is 29.3 Å². The second-order valence-corrected chi connectivity index (χ2v) is 3.54. The van der Waals surface area contributed by atoms with Crippen LogP contribution >= 0.6 is 0 Å². The van der Waals surface area contributed by atoms with E-state index in [4.69, 9.17) is 9.84 Å². The monoisotopic (exact) mass is 226 g/mol. The summed E-state index contributed by atoms with van der Waals surface area (Å²) in [6.07, 6.45) is -0.858. The van der Waals surface area contributed by atoms with Crippen molar-refractivity contribution in [2.24, 2.45) is 0 Å². The summed E-state index contributed by atoms with van der Waals surface area (Å²) in [6.45, 7) is 1.42. The SMILES string of the molecule is COc1cccc(CCC(=O)O)c1C(C)F. The van der Waals surface area contributed by atoms with Gasteiger partial charge in [0.15, 0.2) is 0 Å². The molecule has 0 fully saturated rings. The van der Waals surface area contributed by atoms with E-state index in [0.717, 1.165) is 0 Å². The molecule has 0 bridgehead atoms. The molecule has 1 rings (SSSR count). The lowest BCUT2D eigenvalue weighted by molar-refractivity contribution is -0.136. The zero-order valence-corrected chi connectivity index (χ0v) is 9.37. The molecule has 0 amide bonds. The molecule has 1 N–H and O–H groups in total. The van der Waals surface area contributed by atoms with Gasteiger partial charge < -0.3 is 9.84 Å². The van der Waals surface area contributed by atoms with Gasteiger partial charge in [0.25, 0.3) is 0 Å². The van der Waals surface area contributed by atoms with Crippen LogP contribution in [-0.4, -0.2) is 18.2 Å². The topological polar surface area (TPSA) is 46.5 Å². The Labute approximate surface area is 93.9 Å². The largest absolute Gasteiger partial charge is 0.496 e. The number of hydrogen-bond acceptors (Lipinski definition) is 2. The number of benzene rings is 1. The summed E-state index contributed by atoms with van der Waals surface area (Å²) in [6, 6.07) is 5.15. The predicted molar refractivity (Wildman–Crippen MR) is 58.5 cm³/mol. The number of carboxylic acids is 1. The Balaban J connectivity index is 3.02. The summed E-state index contributed by atoms with van der Waals surface area (Å²) < 4.78 is 18.5.